The van der Waals surface area contributed by atoms with E-state index in [0.717, 1.165) is 24.8 Å². The van der Waals surface area contributed by atoms with E-state index in [1.807, 2.05) is 19.1 Å². The van der Waals surface area contributed by atoms with Crippen LogP contribution < -0.4 is 10.0 Å². The molecule has 2 N–H and O–H groups in total. The summed E-state index contributed by atoms with van der Waals surface area (Å²) >= 11 is 0. The van der Waals surface area contributed by atoms with E-state index in [9.17, 15) is 13.2 Å². The monoisotopic (exact) mass is 372 g/mol. The Balaban J connectivity index is 1.65. The maximum atomic E-state index is 12.4. The van der Waals surface area contributed by atoms with Crippen LogP contribution in [0.5, 0.6) is 0 Å². The first kappa shape index (κ1) is 18.6. The van der Waals surface area contributed by atoms with Crippen molar-refractivity contribution in [2.75, 3.05) is 0 Å². The quantitative estimate of drug-likeness (QED) is 0.784. The van der Waals surface area contributed by atoms with Crippen molar-refractivity contribution in [3.63, 3.8) is 0 Å². The molecule has 0 saturated heterocycles. The number of carbonyl (C=O) groups excluding carboxylic acids is 1. The molecule has 138 valence electrons. The first-order chi connectivity index (χ1) is 12.4. The minimum absolute atomic E-state index is 0.0583. The van der Waals surface area contributed by atoms with Gasteiger partial charge < -0.3 is 5.32 Å². The summed E-state index contributed by atoms with van der Waals surface area (Å²) in [7, 11) is -3.49. The number of sulfonamides is 1. The molecule has 1 saturated carbocycles. The molecule has 0 heterocycles. The number of rotatable bonds is 7. The number of amides is 1. The zero-order valence-electron chi connectivity index (χ0n) is 15.0. The van der Waals surface area contributed by atoms with E-state index < -0.39 is 10.0 Å². The van der Waals surface area contributed by atoms with Gasteiger partial charge in [0.15, 0.2) is 0 Å². The zero-order chi connectivity index (χ0) is 18.7. The third kappa shape index (κ3) is 4.51. The molecule has 6 heteroatoms. The molecule has 2 aromatic carbocycles. The molecule has 2 aromatic rings. The van der Waals surface area contributed by atoms with Crippen molar-refractivity contribution >= 4 is 15.9 Å². The van der Waals surface area contributed by atoms with Crippen LogP contribution in [0.3, 0.4) is 0 Å². The van der Waals surface area contributed by atoms with Gasteiger partial charge in [0.1, 0.15) is 0 Å². The van der Waals surface area contributed by atoms with Gasteiger partial charge in [0.2, 0.25) is 10.0 Å². The molecule has 0 radical (unpaired) electrons. The average Bonchev–Trinajstić information content (AvgIpc) is 3.45. The van der Waals surface area contributed by atoms with E-state index >= 15 is 0 Å². The lowest BCUT2D eigenvalue weighted by atomic mass is 10.0. The Labute approximate surface area is 154 Å². The molecule has 0 aliphatic heterocycles. The van der Waals surface area contributed by atoms with Crippen molar-refractivity contribution in [1.82, 2.24) is 10.0 Å². The smallest absolute Gasteiger partial charge is 0.251 e. The van der Waals surface area contributed by atoms with Gasteiger partial charge in [0, 0.05) is 11.6 Å². The van der Waals surface area contributed by atoms with Crippen molar-refractivity contribution in [3.05, 3.63) is 65.2 Å². The van der Waals surface area contributed by atoms with Crippen molar-refractivity contribution in [1.29, 1.82) is 0 Å². The highest BCUT2D eigenvalue weighted by atomic mass is 32.2. The molecule has 1 aliphatic rings. The summed E-state index contributed by atoms with van der Waals surface area (Å²) < 4.78 is 27.0. The molecule has 3 rings (SSSR count). The SMILES string of the molecule is CCc1ccc(C(C)NC(=O)c2ccc(S(=O)(=O)NC3CC3)cc2)cc1. The van der Waals surface area contributed by atoms with Crippen molar-refractivity contribution < 1.29 is 13.2 Å². The maximum Gasteiger partial charge on any atom is 0.251 e. The van der Waals surface area contributed by atoms with Crippen LogP contribution in [0.2, 0.25) is 0 Å². The Bertz CT molecular complexity index is 870. The average molecular weight is 372 g/mol. The van der Waals surface area contributed by atoms with Gasteiger partial charge in [-0.25, -0.2) is 13.1 Å². The molecule has 1 atom stereocenters. The van der Waals surface area contributed by atoms with Gasteiger partial charge in [-0.15, -0.1) is 0 Å². The number of hydrogen-bond acceptors (Lipinski definition) is 3. The second-order valence-corrected chi connectivity index (χ2v) is 8.42. The van der Waals surface area contributed by atoms with E-state index in [4.69, 9.17) is 0 Å². The first-order valence-corrected chi connectivity index (χ1v) is 10.4. The Morgan fingerprint density at radius 1 is 1.08 bits per heavy atom. The number of nitrogens with one attached hydrogen (secondary N) is 2. The molecular weight excluding hydrogens is 348 g/mol. The van der Waals surface area contributed by atoms with Gasteiger partial charge in [-0.2, -0.15) is 0 Å². The summed E-state index contributed by atoms with van der Waals surface area (Å²) in [6.45, 7) is 4.03. The van der Waals surface area contributed by atoms with Crippen molar-refractivity contribution in [2.24, 2.45) is 0 Å². The summed E-state index contributed by atoms with van der Waals surface area (Å²) in [5.41, 5.74) is 2.72. The van der Waals surface area contributed by atoms with E-state index in [1.54, 1.807) is 12.1 Å². The third-order valence-electron chi connectivity index (χ3n) is 4.56. The maximum absolute atomic E-state index is 12.4. The predicted octanol–water partition coefficient (Wildman–Crippen LogP) is 3.18. The van der Waals surface area contributed by atoms with E-state index in [-0.39, 0.29) is 22.9 Å². The van der Waals surface area contributed by atoms with Gasteiger partial charge in [-0.05, 0) is 61.6 Å². The molecule has 0 spiro atoms. The van der Waals surface area contributed by atoms with Crippen molar-refractivity contribution in [2.45, 2.75) is 50.1 Å². The Hall–Kier alpha value is -2.18. The van der Waals surface area contributed by atoms with Crippen LogP contribution in [-0.2, 0) is 16.4 Å². The second-order valence-electron chi connectivity index (χ2n) is 6.71. The molecule has 1 aliphatic carbocycles. The van der Waals surface area contributed by atoms with Crippen LogP contribution in [0, 0.1) is 0 Å². The highest BCUT2D eigenvalue weighted by molar-refractivity contribution is 7.89. The third-order valence-corrected chi connectivity index (χ3v) is 6.10. The first-order valence-electron chi connectivity index (χ1n) is 8.91. The fourth-order valence-electron chi connectivity index (χ4n) is 2.68. The minimum Gasteiger partial charge on any atom is -0.346 e. The molecule has 1 fully saturated rings. The fourth-order valence-corrected chi connectivity index (χ4v) is 3.98. The van der Waals surface area contributed by atoms with Crippen LogP contribution in [0.15, 0.2) is 53.4 Å². The highest BCUT2D eigenvalue weighted by Gasteiger charge is 2.28. The van der Waals surface area contributed by atoms with Gasteiger partial charge in [0.05, 0.1) is 10.9 Å². The Morgan fingerprint density at radius 2 is 1.69 bits per heavy atom. The summed E-state index contributed by atoms with van der Waals surface area (Å²) in [5, 5.41) is 2.95. The zero-order valence-corrected chi connectivity index (χ0v) is 15.8. The second kappa shape index (κ2) is 7.60. The van der Waals surface area contributed by atoms with Crippen LogP contribution in [0.4, 0.5) is 0 Å². The lowest BCUT2D eigenvalue weighted by Gasteiger charge is -2.15. The number of benzene rings is 2. The molecule has 1 unspecified atom stereocenters. The lowest BCUT2D eigenvalue weighted by molar-refractivity contribution is 0.0940. The summed E-state index contributed by atoms with van der Waals surface area (Å²) in [5.74, 6) is -0.226. The van der Waals surface area contributed by atoms with Crippen LogP contribution in [0.25, 0.3) is 0 Å². The van der Waals surface area contributed by atoms with E-state index in [2.05, 4.69) is 29.1 Å². The topological polar surface area (TPSA) is 75.3 Å². The Kier molecular flexibility index (Phi) is 5.44. The number of hydrogen-bond donors (Lipinski definition) is 2. The van der Waals surface area contributed by atoms with Crippen LogP contribution >= 0.6 is 0 Å². The van der Waals surface area contributed by atoms with E-state index in [0.29, 0.717) is 5.56 Å². The molecule has 1 amide bonds. The van der Waals surface area contributed by atoms with Gasteiger partial charge >= 0.3 is 0 Å². The number of aryl methyl sites for hydroxylation is 1. The molecule has 5 nitrogen and oxygen atoms in total. The molecule has 0 aromatic heterocycles. The van der Waals surface area contributed by atoms with Crippen LogP contribution in [0.1, 0.15) is 54.2 Å². The standard InChI is InChI=1S/C20H24N2O3S/c1-3-15-4-6-16(7-5-15)14(2)21-20(23)17-8-12-19(13-9-17)26(24,25)22-18-10-11-18/h4-9,12-14,18,22H,3,10-11H2,1-2H3,(H,21,23). The van der Waals surface area contributed by atoms with Gasteiger partial charge in [-0.3, -0.25) is 4.79 Å². The minimum atomic E-state index is -3.49. The van der Waals surface area contributed by atoms with E-state index in [1.165, 1.54) is 17.7 Å². The highest BCUT2D eigenvalue weighted by Crippen LogP contribution is 2.22. The predicted molar refractivity (Wildman–Crippen MR) is 101 cm³/mol. The van der Waals surface area contributed by atoms with Crippen LogP contribution in [-0.4, -0.2) is 20.4 Å². The fraction of sp³-hybridized carbons (Fsp3) is 0.350. The molecule has 0 bridgehead atoms. The van der Waals surface area contributed by atoms with Gasteiger partial charge in [0.25, 0.3) is 5.91 Å². The number of carbonyl (C=O) groups is 1. The lowest BCUT2D eigenvalue weighted by Crippen LogP contribution is -2.27. The normalized spacial score (nSPS) is 15.5. The largest absolute Gasteiger partial charge is 0.346 e. The summed E-state index contributed by atoms with van der Waals surface area (Å²) in [6, 6.07) is 14.1. The molecule has 26 heavy (non-hydrogen) atoms. The van der Waals surface area contributed by atoms with Crippen molar-refractivity contribution in [3.8, 4) is 0 Å². The summed E-state index contributed by atoms with van der Waals surface area (Å²) in [4.78, 5) is 12.6. The van der Waals surface area contributed by atoms with Gasteiger partial charge in [-0.1, -0.05) is 31.2 Å². The summed E-state index contributed by atoms with van der Waals surface area (Å²) in [6.07, 6.45) is 2.75. The Morgan fingerprint density at radius 3 is 2.23 bits per heavy atom. The molecular formula is C20H24N2O3S.